The van der Waals surface area contributed by atoms with Crippen LogP contribution in [0.25, 0.3) is 0 Å². The zero-order valence-electron chi connectivity index (χ0n) is 9.76. The zero-order chi connectivity index (χ0) is 12.5. The maximum Gasteiger partial charge on any atom is 0.260 e. The highest BCUT2D eigenvalue weighted by Crippen LogP contribution is 2.18. The van der Waals surface area contributed by atoms with E-state index in [1.165, 1.54) is 10.5 Å². The number of aromatic amines is 1. The van der Waals surface area contributed by atoms with Crippen LogP contribution in [0, 0.1) is 0 Å². The summed E-state index contributed by atoms with van der Waals surface area (Å²) in [6.07, 6.45) is 1.46. The first-order valence-electron chi connectivity index (χ1n) is 5.46. The lowest BCUT2D eigenvalue weighted by molar-refractivity contribution is 0.222. The molecule has 0 aliphatic carbocycles. The van der Waals surface area contributed by atoms with Crippen molar-refractivity contribution in [3.63, 3.8) is 0 Å². The van der Waals surface area contributed by atoms with E-state index in [1.54, 1.807) is 0 Å². The van der Waals surface area contributed by atoms with Gasteiger partial charge in [0.05, 0.1) is 6.20 Å². The van der Waals surface area contributed by atoms with Crippen molar-refractivity contribution in [2.75, 3.05) is 33.2 Å². The van der Waals surface area contributed by atoms with Gasteiger partial charge in [-0.25, -0.2) is 8.42 Å². The third-order valence-corrected chi connectivity index (χ3v) is 4.87. The Kier molecular flexibility index (Phi) is 3.48. The molecule has 2 rings (SSSR count). The van der Waals surface area contributed by atoms with E-state index in [4.69, 9.17) is 5.73 Å². The van der Waals surface area contributed by atoms with Gasteiger partial charge in [-0.2, -0.15) is 9.40 Å². The third kappa shape index (κ3) is 2.34. The molecule has 0 atom stereocenters. The number of hydrogen-bond donors (Lipinski definition) is 2. The van der Waals surface area contributed by atoms with E-state index in [2.05, 4.69) is 15.1 Å². The Morgan fingerprint density at radius 3 is 2.65 bits per heavy atom. The Balaban J connectivity index is 2.25. The van der Waals surface area contributed by atoms with Crippen LogP contribution in [0.3, 0.4) is 0 Å². The molecule has 1 aliphatic heterocycles. The van der Waals surface area contributed by atoms with Crippen LogP contribution in [0.2, 0.25) is 0 Å². The number of aromatic nitrogens is 2. The fourth-order valence-corrected chi connectivity index (χ4v) is 3.36. The molecule has 0 radical (unpaired) electrons. The van der Waals surface area contributed by atoms with Crippen molar-refractivity contribution in [3.05, 3.63) is 11.8 Å². The molecular weight excluding hydrogens is 242 g/mol. The molecule has 1 aliphatic rings. The molecule has 17 heavy (non-hydrogen) atoms. The number of H-pyrrole nitrogens is 1. The minimum atomic E-state index is -3.48. The summed E-state index contributed by atoms with van der Waals surface area (Å²) in [5.74, 6) is 0. The first-order valence-corrected chi connectivity index (χ1v) is 6.90. The fourth-order valence-electron chi connectivity index (χ4n) is 1.83. The second-order valence-electron chi connectivity index (χ2n) is 4.14. The molecule has 1 aromatic heterocycles. The molecule has 0 aromatic carbocycles. The highest BCUT2D eigenvalue weighted by atomic mass is 32.2. The first kappa shape index (κ1) is 12.5. The standard InChI is InChI=1S/C9H17N5O2S/c1-13-2-4-14(5-3-13)17(15,16)9-8(6-10)7-11-12-9/h7H,2-6,10H2,1H3,(H,11,12). The smallest absolute Gasteiger partial charge is 0.260 e. The number of nitrogens with zero attached hydrogens (tertiary/aromatic N) is 3. The molecule has 0 spiro atoms. The van der Waals surface area contributed by atoms with Gasteiger partial charge in [0.1, 0.15) is 0 Å². The third-order valence-electron chi connectivity index (χ3n) is 2.96. The lowest BCUT2D eigenvalue weighted by Crippen LogP contribution is -2.47. The van der Waals surface area contributed by atoms with Crippen LogP contribution < -0.4 is 5.73 Å². The molecule has 1 saturated heterocycles. The van der Waals surface area contributed by atoms with Crippen molar-refractivity contribution in [1.29, 1.82) is 0 Å². The maximum atomic E-state index is 12.3. The van der Waals surface area contributed by atoms with Crippen LogP contribution in [-0.4, -0.2) is 61.0 Å². The zero-order valence-corrected chi connectivity index (χ0v) is 10.6. The second kappa shape index (κ2) is 4.73. The summed E-state index contributed by atoms with van der Waals surface area (Å²) in [7, 11) is -1.50. The minimum absolute atomic E-state index is 0.129. The average Bonchev–Trinajstić information content (AvgIpc) is 2.78. The Morgan fingerprint density at radius 2 is 2.06 bits per heavy atom. The van der Waals surface area contributed by atoms with Gasteiger partial charge < -0.3 is 10.6 Å². The van der Waals surface area contributed by atoms with Crippen LogP contribution >= 0.6 is 0 Å². The lowest BCUT2D eigenvalue weighted by Gasteiger charge is -2.31. The van der Waals surface area contributed by atoms with E-state index >= 15 is 0 Å². The molecular formula is C9H17N5O2S. The SMILES string of the molecule is CN1CCN(S(=O)(=O)c2[nH]ncc2CN)CC1. The van der Waals surface area contributed by atoms with Crippen LogP contribution in [0.1, 0.15) is 5.56 Å². The summed E-state index contributed by atoms with van der Waals surface area (Å²) >= 11 is 0. The number of likely N-dealkylation sites (N-methyl/N-ethyl adjacent to an activating group) is 1. The number of nitrogens with two attached hydrogens (primary N) is 1. The highest BCUT2D eigenvalue weighted by Gasteiger charge is 2.30. The molecule has 0 amide bonds. The van der Waals surface area contributed by atoms with Gasteiger partial charge in [-0.05, 0) is 7.05 Å². The molecule has 1 aromatic rings. The first-order chi connectivity index (χ1) is 8.05. The van der Waals surface area contributed by atoms with Crippen LogP contribution in [0.15, 0.2) is 11.2 Å². The van der Waals surface area contributed by atoms with Gasteiger partial charge in [-0.3, -0.25) is 5.10 Å². The summed E-state index contributed by atoms with van der Waals surface area (Å²) in [5, 5.41) is 6.41. The lowest BCUT2D eigenvalue weighted by atomic mass is 10.4. The fraction of sp³-hybridized carbons (Fsp3) is 0.667. The van der Waals surface area contributed by atoms with Gasteiger partial charge in [0.15, 0.2) is 5.03 Å². The molecule has 1 fully saturated rings. The Labute approximate surface area is 101 Å². The molecule has 3 N–H and O–H groups in total. The molecule has 0 bridgehead atoms. The van der Waals surface area contributed by atoms with Crippen molar-refractivity contribution >= 4 is 10.0 Å². The topological polar surface area (TPSA) is 95.3 Å². The molecule has 8 heteroatoms. The van der Waals surface area contributed by atoms with Crippen molar-refractivity contribution in [3.8, 4) is 0 Å². The normalized spacial score (nSPS) is 19.6. The van der Waals surface area contributed by atoms with Gasteiger partial charge in [0, 0.05) is 38.3 Å². The van der Waals surface area contributed by atoms with Crippen molar-refractivity contribution in [1.82, 2.24) is 19.4 Å². The molecule has 0 unspecified atom stereocenters. The van der Waals surface area contributed by atoms with E-state index in [1.807, 2.05) is 7.05 Å². The molecule has 2 heterocycles. The number of nitrogens with one attached hydrogen (secondary N) is 1. The van der Waals surface area contributed by atoms with Gasteiger partial charge in [-0.1, -0.05) is 0 Å². The molecule has 96 valence electrons. The van der Waals surface area contributed by atoms with Crippen LogP contribution in [-0.2, 0) is 16.6 Å². The number of rotatable bonds is 3. The van der Waals surface area contributed by atoms with E-state index < -0.39 is 10.0 Å². The maximum absolute atomic E-state index is 12.3. The van der Waals surface area contributed by atoms with Crippen LogP contribution in [0.4, 0.5) is 0 Å². The number of hydrogen-bond acceptors (Lipinski definition) is 5. The van der Waals surface area contributed by atoms with Gasteiger partial charge in [0.25, 0.3) is 10.0 Å². The second-order valence-corrected chi connectivity index (χ2v) is 6.01. The monoisotopic (exact) mass is 259 g/mol. The quantitative estimate of drug-likeness (QED) is 0.711. The van der Waals surface area contributed by atoms with Gasteiger partial charge >= 0.3 is 0 Å². The van der Waals surface area contributed by atoms with Crippen molar-refractivity contribution in [2.24, 2.45) is 5.73 Å². The number of piperazine rings is 1. The Morgan fingerprint density at radius 1 is 1.41 bits per heavy atom. The predicted molar refractivity (Wildman–Crippen MR) is 62.7 cm³/mol. The average molecular weight is 259 g/mol. The summed E-state index contributed by atoms with van der Waals surface area (Å²) in [6.45, 7) is 2.65. The van der Waals surface area contributed by atoms with E-state index in [0.29, 0.717) is 18.7 Å². The van der Waals surface area contributed by atoms with Gasteiger partial charge in [0.2, 0.25) is 0 Å². The van der Waals surface area contributed by atoms with E-state index in [-0.39, 0.29) is 11.6 Å². The van der Waals surface area contributed by atoms with Crippen molar-refractivity contribution < 1.29 is 8.42 Å². The van der Waals surface area contributed by atoms with Crippen LogP contribution in [0.5, 0.6) is 0 Å². The minimum Gasteiger partial charge on any atom is -0.326 e. The van der Waals surface area contributed by atoms with E-state index in [0.717, 1.165) is 13.1 Å². The molecule has 0 saturated carbocycles. The Bertz CT molecular complexity index is 475. The predicted octanol–water partition coefficient (Wildman–Crippen LogP) is -1.20. The summed E-state index contributed by atoms with van der Waals surface area (Å²) in [5.41, 5.74) is 6.02. The van der Waals surface area contributed by atoms with E-state index in [9.17, 15) is 8.42 Å². The summed E-state index contributed by atoms with van der Waals surface area (Å²) in [4.78, 5) is 2.10. The van der Waals surface area contributed by atoms with Gasteiger partial charge in [-0.15, -0.1) is 0 Å². The highest BCUT2D eigenvalue weighted by molar-refractivity contribution is 7.89. The van der Waals surface area contributed by atoms with Crippen molar-refractivity contribution in [2.45, 2.75) is 11.6 Å². The largest absolute Gasteiger partial charge is 0.326 e. The number of sulfonamides is 1. The molecule has 7 nitrogen and oxygen atoms in total. The summed E-state index contributed by atoms with van der Waals surface area (Å²) < 4.78 is 26.1. The Hall–Kier alpha value is -0.960. The summed E-state index contributed by atoms with van der Waals surface area (Å²) in [6, 6.07) is 0.